The number of hydrogen-bond acceptors (Lipinski definition) is 10. The second-order valence-electron chi connectivity index (χ2n) is 19.4. The van der Waals surface area contributed by atoms with Crippen molar-refractivity contribution in [3.05, 3.63) is 85.1 Å². The van der Waals surface area contributed by atoms with E-state index in [-0.39, 0.29) is 25.9 Å². The van der Waals surface area contributed by atoms with E-state index >= 15 is 0 Å². The van der Waals surface area contributed by atoms with E-state index in [1.807, 2.05) is 12.2 Å². The van der Waals surface area contributed by atoms with Crippen LogP contribution in [0.1, 0.15) is 252 Å². The first-order valence-corrected chi connectivity index (χ1v) is 31.0. The van der Waals surface area contributed by atoms with Gasteiger partial charge in [-0.2, -0.15) is 0 Å². The van der Waals surface area contributed by atoms with Crippen LogP contribution in [0, 0.1) is 0 Å². The summed E-state index contributed by atoms with van der Waals surface area (Å²) in [6.45, 7) is 4.41. The Morgan fingerprint density at radius 3 is 1.20 bits per heavy atom. The molecule has 0 amide bonds. The lowest BCUT2D eigenvalue weighted by molar-refractivity contribution is -0.161. The minimum absolute atomic E-state index is 0.0531. The number of aliphatic hydroxyl groups excluding tert-OH is 1. The molecule has 0 aliphatic carbocycles. The van der Waals surface area contributed by atoms with Gasteiger partial charge in [0.1, 0.15) is 12.7 Å². The Morgan fingerprint density at radius 2 is 0.730 bits per heavy atom. The average molecular weight is 1060 g/mol. The molecular formula is C62H107O11P. The molecule has 0 radical (unpaired) electrons. The number of carbonyl (C=O) groups is 3. The van der Waals surface area contributed by atoms with Gasteiger partial charge in [0.25, 0.3) is 0 Å². The number of aliphatic hydroxyl groups is 1. The van der Waals surface area contributed by atoms with E-state index in [1.54, 1.807) is 0 Å². The Labute approximate surface area is 451 Å². The highest BCUT2D eigenvalue weighted by Crippen LogP contribution is 2.43. The number of rotatable bonds is 54. The van der Waals surface area contributed by atoms with Crippen molar-refractivity contribution in [2.75, 3.05) is 26.4 Å². The summed E-state index contributed by atoms with van der Waals surface area (Å²) in [5.41, 5.74) is 0. The number of phosphoric ester groups is 1. The number of carbonyl (C=O) groups excluding carboxylic acids is 3. The lowest BCUT2D eigenvalue weighted by Gasteiger charge is -2.21. The summed E-state index contributed by atoms with van der Waals surface area (Å²) in [7, 11) is -4.77. The third-order valence-corrected chi connectivity index (χ3v) is 13.2. The van der Waals surface area contributed by atoms with E-state index in [4.69, 9.17) is 23.3 Å². The van der Waals surface area contributed by atoms with Crippen LogP contribution in [0.4, 0.5) is 0 Å². The van der Waals surface area contributed by atoms with E-state index in [2.05, 4.69) is 93.7 Å². The molecule has 2 N–H and O–H groups in total. The predicted octanol–water partition coefficient (Wildman–Crippen LogP) is 17.5. The molecule has 0 aromatic carbocycles. The van der Waals surface area contributed by atoms with E-state index in [0.29, 0.717) is 19.3 Å². The van der Waals surface area contributed by atoms with Crippen LogP contribution in [0.5, 0.6) is 0 Å². The predicted molar refractivity (Wildman–Crippen MR) is 307 cm³/mol. The monoisotopic (exact) mass is 1060 g/mol. The van der Waals surface area contributed by atoms with Gasteiger partial charge in [-0.25, -0.2) is 4.57 Å². The lowest BCUT2D eigenvalue weighted by atomic mass is 10.1. The van der Waals surface area contributed by atoms with Gasteiger partial charge in [0.2, 0.25) is 0 Å². The molecule has 0 aromatic rings. The SMILES string of the molecule is CC/C=C\C/C=C\C/C=C\C/C=C\CCC(=O)OC(CO)COP(=O)(O)OCC(COC(=O)CCCCCCCCCCC/C=C\C/C=C\CCCCC)OC(=O)CCCCCCC/C=C\CCCCCCCC. The smallest absolute Gasteiger partial charge is 0.462 e. The van der Waals surface area contributed by atoms with Gasteiger partial charge in [-0.15, -0.1) is 0 Å². The van der Waals surface area contributed by atoms with Crippen molar-refractivity contribution in [2.24, 2.45) is 0 Å². The number of hydrogen-bond donors (Lipinski definition) is 2. The van der Waals surface area contributed by atoms with Crippen molar-refractivity contribution in [3.8, 4) is 0 Å². The minimum atomic E-state index is -4.77. The third-order valence-electron chi connectivity index (χ3n) is 12.3. The van der Waals surface area contributed by atoms with Gasteiger partial charge in [0.15, 0.2) is 6.10 Å². The molecule has 0 aliphatic rings. The van der Waals surface area contributed by atoms with E-state index < -0.39 is 57.8 Å². The van der Waals surface area contributed by atoms with Gasteiger partial charge in [-0.3, -0.25) is 23.4 Å². The Hall–Kier alpha value is -3.34. The largest absolute Gasteiger partial charge is 0.472 e. The summed E-state index contributed by atoms with van der Waals surface area (Å²) in [4.78, 5) is 48.5. The van der Waals surface area contributed by atoms with E-state index in [1.165, 1.54) is 96.3 Å². The van der Waals surface area contributed by atoms with Gasteiger partial charge in [0, 0.05) is 19.3 Å². The maximum Gasteiger partial charge on any atom is 0.472 e. The highest BCUT2D eigenvalue weighted by atomic mass is 31.2. The Morgan fingerprint density at radius 1 is 0.392 bits per heavy atom. The van der Waals surface area contributed by atoms with Crippen molar-refractivity contribution in [1.29, 1.82) is 0 Å². The molecule has 0 aromatic heterocycles. The van der Waals surface area contributed by atoms with Crippen LogP contribution < -0.4 is 0 Å². The zero-order valence-corrected chi connectivity index (χ0v) is 47.9. The molecule has 0 aliphatic heterocycles. The van der Waals surface area contributed by atoms with Crippen LogP contribution in [-0.2, 0) is 42.2 Å². The second kappa shape index (κ2) is 55.9. The summed E-state index contributed by atoms with van der Waals surface area (Å²) >= 11 is 0. The Balaban J connectivity index is 4.77. The van der Waals surface area contributed by atoms with Gasteiger partial charge < -0.3 is 24.2 Å². The van der Waals surface area contributed by atoms with Crippen LogP contribution in [0.25, 0.3) is 0 Å². The molecular weight excluding hydrogens is 952 g/mol. The van der Waals surface area contributed by atoms with E-state index in [0.717, 1.165) is 96.3 Å². The molecule has 0 saturated carbocycles. The van der Waals surface area contributed by atoms with Crippen molar-refractivity contribution < 1.29 is 52.2 Å². The summed E-state index contributed by atoms with van der Waals surface area (Å²) in [5, 5.41) is 9.79. The van der Waals surface area contributed by atoms with Gasteiger partial charge >= 0.3 is 25.7 Å². The number of allylic oxidation sites excluding steroid dienone is 14. The van der Waals surface area contributed by atoms with Crippen molar-refractivity contribution in [1.82, 2.24) is 0 Å². The first-order valence-electron chi connectivity index (χ1n) is 29.5. The first kappa shape index (κ1) is 70.7. The van der Waals surface area contributed by atoms with Gasteiger partial charge in [-0.05, 0) is 103 Å². The molecule has 0 bridgehead atoms. The van der Waals surface area contributed by atoms with E-state index in [9.17, 15) is 28.9 Å². The van der Waals surface area contributed by atoms with Gasteiger partial charge in [-0.1, -0.05) is 215 Å². The zero-order chi connectivity index (χ0) is 54.1. The molecule has 0 fully saturated rings. The number of esters is 3. The first-order chi connectivity index (χ1) is 36.2. The average Bonchev–Trinajstić information content (AvgIpc) is 3.39. The fourth-order valence-corrected chi connectivity index (χ4v) is 8.59. The second-order valence-corrected chi connectivity index (χ2v) is 20.9. The van der Waals surface area contributed by atoms with Gasteiger partial charge in [0.05, 0.1) is 19.8 Å². The molecule has 3 unspecified atom stereocenters. The standard InChI is InChI=1S/C62H107O11P/c1-4-7-10-13-16-19-22-25-27-28-29-30-32-34-36-39-42-45-48-51-60(64)69-55-59(73-62(66)53-50-47-44-41-38-35-31-26-23-20-17-14-11-8-5-2)57-71-74(67,68)70-56-58(54-63)72-61(65)52-49-46-43-40-37-33-24-21-18-15-12-9-6-3/h9,12,16,18-19,21,25-27,31,33,37,43,46,58-59,63H,4-8,10-11,13-15,17,20,22-24,28-30,32,34-36,38-42,44-45,47-57H2,1-3H3,(H,67,68)/b12-9-,19-16-,21-18-,27-25-,31-26-,37-33-,46-43-. The highest BCUT2D eigenvalue weighted by molar-refractivity contribution is 7.47. The van der Waals surface area contributed by atoms with Crippen LogP contribution in [0.3, 0.4) is 0 Å². The molecule has 11 nitrogen and oxygen atoms in total. The fraction of sp³-hybridized carbons (Fsp3) is 0.726. The maximum atomic E-state index is 12.9. The quantitative estimate of drug-likeness (QED) is 0.0197. The van der Waals surface area contributed by atoms with Crippen LogP contribution in [0.15, 0.2) is 85.1 Å². The molecule has 0 rings (SSSR count). The Kier molecular flexibility index (Phi) is 53.4. The van der Waals surface area contributed by atoms with Crippen molar-refractivity contribution >= 4 is 25.7 Å². The molecule has 0 spiro atoms. The lowest BCUT2D eigenvalue weighted by Crippen LogP contribution is -2.30. The third kappa shape index (κ3) is 53.5. The molecule has 0 heterocycles. The zero-order valence-electron chi connectivity index (χ0n) is 47.0. The summed E-state index contributed by atoms with van der Waals surface area (Å²) in [6.07, 6.45) is 64.1. The Bertz CT molecular complexity index is 1560. The molecule has 74 heavy (non-hydrogen) atoms. The topological polar surface area (TPSA) is 155 Å². The van der Waals surface area contributed by atoms with Crippen LogP contribution in [0.2, 0.25) is 0 Å². The van der Waals surface area contributed by atoms with Crippen LogP contribution in [-0.4, -0.2) is 66.5 Å². The van der Waals surface area contributed by atoms with Crippen molar-refractivity contribution in [2.45, 2.75) is 264 Å². The fourth-order valence-electron chi connectivity index (χ4n) is 7.81. The minimum Gasteiger partial charge on any atom is -0.462 e. The molecule has 426 valence electrons. The maximum absolute atomic E-state index is 12.9. The summed E-state index contributed by atoms with van der Waals surface area (Å²) in [5.74, 6) is -1.56. The normalized spacial score (nSPS) is 14.0. The summed E-state index contributed by atoms with van der Waals surface area (Å²) in [6, 6.07) is 0. The number of phosphoric acid groups is 1. The number of ether oxygens (including phenoxy) is 3. The van der Waals surface area contributed by atoms with Crippen molar-refractivity contribution in [3.63, 3.8) is 0 Å². The molecule has 0 saturated heterocycles. The van der Waals surface area contributed by atoms with Crippen LogP contribution >= 0.6 is 7.82 Å². The number of unbranched alkanes of at least 4 members (excludes halogenated alkanes) is 23. The highest BCUT2D eigenvalue weighted by Gasteiger charge is 2.28. The molecule has 3 atom stereocenters. The summed E-state index contributed by atoms with van der Waals surface area (Å²) < 4.78 is 39.4. The molecule has 12 heteroatoms.